The summed E-state index contributed by atoms with van der Waals surface area (Å²) in [5, 5.41) is 38.7. The second kappa shape index (κ2) is 14.1. The highest BCUT2D eigenvalue weighted by molar-refractivity contribution is 5.92. The first-order valence-electron chi connectivity index (χ1n) is 25.0. The molecule has 5 saturated heterocycles. The van der Waals surface area contributed by atoms with Crippen LogP contribution in [0.5, 0.6) is 0 Å². The van der Waals surface area contributed by atoms with Crippen molar-refractivity contribution in [2.24, 2.45) is 74.9 Å². The third-order valence-corrected chi connectivity index (χ3v) is 21.0. The topological polar surface area (TPSA) is 181 Å². The first kappa shape index (κ1) is 42.5. The van der Waals surface area contributed by atoms with Crippen LogP contribution < -0.4 is 5.32 Å². The number of hydrogen-bond acceptors (Lipinski definition) is 13. The summed E-state index contributed by atoms with van der Waals surface area (Å²) in [5.41, 5.74) is -5.70. The van der Waals surface area contributed by atoms with E-state index in [1.807, 2.05) is 19.9 Å². The predicted octanol–water partition coefficient (Wildman–Crippen LogP) is 5.24. The van der Waals surface area contributed by atoms with E-state index in [1.54, 1.807) is 6.26 Å². The Balaban J connectivity index is 0.908. The summed E-state index contributed by atoms with van der Waals surface area (Å²) >= 11 is 0. The van der Waals surface area contributed by atoms with E-state index in [2.05, 4.69) is 43.3 Å². The minimum atomic E-state index is -1.48. The molecule has 6 aliphatic heterocycles. The summed E-state index contributed by atoms with van der Waals surface area (Å²) in [4.78, 5) is 46.7. The van der Waals surface area contributed by atoms with E-state index >= 15 is 4.79 Å². The van der Waals surface area contributed by atoms with Crippen molar-refractivity contribution < 1.29 is 53.1 Å². The van der Waals surface area contributed by atoms with Crippen molar-refractivity contribution in [2.45, 2.75) is 159 Å². The fourth-order valence-electron chi connectivity index (χ4n) is 18.1. The van der Waals surface area contributed by atoms with Gasteiger partial charge in [-0.2, -0.15) is 0 Å². The van der Waals surface area contributed by atoms with Gasteiger partial charge in [0.25, 0.3) is 0 Å². The summed E-state index contributed by atoms with van der Waals surface area (Å²) in [6.07, 6.45) is 10.5. The molecule has 1 aromatic heterocycles. The highest BCUT2D eigenvalue weighted by Gasteiger charge is 2.92. The quantitative estimate of drug-likeness (QED) is 0.207. The fraction of sp³-hybridized carbons (Fsp3) is 0.824. The van der Waals surface area contributed by atoms with Crippen LogP contribution in [0.4, 0.5) is 0 Å². The maximum atomic E-state index is 15.5. The van der Waals surface area contributed by atoms with Crippen LogP contribution in [0.2, 0.25) is 0 Å². The Morgan fingerprint density at radius 1 is 0.984 bits per heavy atom. The lowest BCUT2D eigenvalue weighted by molar-refractivity contribution is -0.264. The number of ketones is 1. The zero-order valence-corrected chi connectivity index (χ0v) is 38.3. The third-order valence-electron chi connectivity index (χ3n) is 21.0. The number of ether oxygens (including phenoxy) is 4. The Kier molecular flexibility index (Phi) is 9.39. The normalized spacial score (nSPS) is 53.1. The number of nitrogens with one attached hydrogen (secondary N) is 1. The Labute approximate surface area is 376 Å². The van der Waals surface area contributed by atoms with Gasteiger partial charge in [0.05, 0.1) is 42.1 Å². The lowest BCUT2D eigenvalue weighted by Crippen LogP contribution is -2.77. The van der Waals surface area contributed by atoms with Gasteiger partial charge in [0.15, 0.2) is 11.9 Å². The molecule has 11 aliphatic rings. The lowest BCUT2D eigenvalue weighted by Gasteiger charge is -2.67. The molecule has 0 amide bonds. The summed E-state index contributed by atoms with van der Waals surface area (Å²) in [6.45, 7) is 12.2. The first-order valence-corrected chi connectivity index (χ1v) is 25.0. The number of Topliss-reactive ketones (excluding diaryl/α,β-unsaturated/α-hetero) is 1. The van der Waals surface area contributed by atoms with Crippen LogP contribution >= 0.6 is 0 Å². The molecular weight excluding hydrogens is 817 g/mol. The van der Waals surface area contributed by atoms with Gasteiger partial charge in [-0.25, -0.2) is 4.79 Å². The van der Waals surface area contributed by atoms with E-state index in [0.717, 1.165) is 50.9 Å². The van der Waals surface area contributed by atoms with Crippen LogP contribution in [0.15, 0.2) is 29.0 Å². The molecule has 350 valence electrons. The van der Waals surface area contributed by atoms with Crippen LogP contribution in [0, 0.1) is 74.9 Å². The van der Waals surface area contributed by atoms with Gasteiger partial charge in [0.1, 0.15) is 30.2 Å². The van der Waals surface area contributed by atoms with E-state index in [1.165, 1.54) is 0 Å². The second-order valence-corrected chi connectivity index (χ2v) is 24.0. The van der Waals surface area contributed by atoms with Crippen molar-refractivity contribution in [3.63, 3.8) is 0 Å². The van der Waals surface area contributed by atoms with E-state index < -0.39 is 81.2 Å². The van der Waals surface area contributed by atoms with Crippen LogP contribution in [0.25, 0.3) is 0 Å². The number of rotatable bonds is 7. The van der Waals surface area contributed by atoms with Crippen LogP contribution in [0.1, 0.15) is 123 Å². The molecule has 0 radical (unpaired) electrons. The number of furan rings is 1. The number of nitrogens with zero attached hydrogens (tertiary/aromatic N) is 1. The molecule has 20 atom stereocenters. The number of hydrogen-bond donors (Lipinski definition) is 4. The molecule has 4 N–H and O–H groups in total. The van der Waals surface area contributed by atoms with Crippen molar-refractivity contribution in [3.05, 3.63) is 35.9 Å². The smallest absolute Gasteiger partial charge is 0.339 e. The van der Waals surface area contributed by atoms with Gasteiger partial charge in [0, 0.05) is 47.4 Å². The number of carbonyl (C=O) groups excluding carboxylic acids is 3. The van der Waals surface area contributed by atoms with Gasteiger partial charge in [0.2, 0.25) is 0 Å². The fourth-order valence-corrected chi connectivity index (χ4v) is 18.1. The highest BCUT2D eigenvalue weighted by Crippen LogP contribution is 2.81. The molecular formula is C51H70N2O11. The van der Waals surface area contributed by atoms with Crippen molar-refractivity contribution in [1.29, 1.82) is 0 Å². The lowest BCUT2D eigenvalue weighted by atomic mass is 9.35. The molecule has 10 fully saturated rings. The Bertz CT molecular complexity index is 2140. The van der Waals surface area contributed by atoms with Gasteiger partial charge >= 0.3 is 11.9 Å². The van der Waals surface area contributed by atoms with Crippen molar-refractivity contribution in [1.82, 2.24) is 10.2 Å². The molecule has 5 saturated carbocycles. The van der Waals surface area contributed by atoms with Crippen molar-refractivity contribution in [3.8, 4) is 0 Å². The van der Waals surface area contributed by atoms with Gasteiger partial charge in [-0.05, 0) is 137 Å². The van der Waals surface area contributed by atoms with Crippen LogP contribution in [-0.4, -0.2) is 106 Å². The van der Waals surface area contributed by atoms with Crippen LogP contribution in [0.3, 0.4) is 0 Å². The molecule has 0 bridgehead atoms. The molecule has 0 aromatic carbocycles. The molecule has 20 unspecified atom stereocenters. The minimum absolute atomic E-state index is 0.0149. The summed E-state index contributed by atoms with van der Waals surface area (Å²) < 4.78 is 33.5. The Hall–Kier alpha value is -2.81. The van der Waals surface area contributed by atoms with E-state index in [4.69, 9.17) is 23.4 Å². The number of carbonyl (C=O) groups is 3. The number of aliphatic hydroxyl groups excluding tert-OH is 3. The number of cyclic esters (lactones) is 2. The summed E-state index contributed by atoms with van der Waals surface area (Å²) in [6, 6.07) is 2.44. The van der Waals surface area contributed by atoms with Gasteiger partial charge in [-0.1, -0.05) is 33.8 Å². The summed E-state index contributed by atoms with van der Waals surface area (Å²) in [5.74, 6) is 0.528. The van der Waals surface area contributed by atoms with Gasteiger partial charge in [-0.3, -0.25) is 14.9 Å². The monoisotopic (exact) mass is 886 g/mol. The highest BCUT2D eigenvalue weighted by atomic mass is 16.7. The Morgan fingerprint density at radius 2 is 1.81 bits per heavy atom. The van der Waals surface area contributed by atoms with E-state index in [0.29, 0.717) is 86.3 Å². The second-order valence-electron chi connectivity index (χ2n) is 24.0. The average molecular weight is 887 g/mol. The number of aliphatic hydroxyl groups is 3. The molecule has 7 heterocycles. The predicted molar refractivity (Wildman–Crippen MR) is 229 cm³/mol. The van der Waals surface area contributed by atoms with Gasteiger partial charge < -0.3 is 43.6 Å². The average Bonchev–Trinajstić information content (AvgIpc) is 3.66. The molecule has 5 aliphatic carbocycles. The molecule has 1 aromatic rings. The largest absolute Gasteiger partial charge is 0.469 e. The number of esters is 2. The number of allylic oxidation sites excluding steroid dienone is 1. The zero-order valence-electron chi connectivity index (χ0n) is 38.3. The standard InChI is InChI=1S/C51H70N2O11/c1-26(2)8-14-47(4)39-38(56)40(57)48(5)37(50(39)24-61-45(59)49(44(50)64-47)15-9-27(21-49)23-54)10-13-46(3)41(62-43(58)42-51(46,48)63-42)30-12-17-60-36(30)20-33-31-18-29-11-16-53-25-52-22-34(53)32(29)19-28(31)6-7-35(33)55/h11-12,16-17,26-29,31-35,37,39-42,44,52,54-55,57H,6-10,13-15,18-25H2,1-5H3. The van der Waals surface area contributed by atoms with E-state index in [9.17, 15) is 24.9 Å². The molecule has 3 spiro atoms. The SMILES string of the molecule is CC(C)CCC1(C)OC2C3(CCC(CO)C3)C(=O)OCC23C1C(=O)C(O)C1(C)C3CCC2(C)C(c3ccoc3CC3C(O)CCC4CC5C(C=CN6CNCC56)CC43)OC(=O)C3OC321. The molecule has 64 heavy (non-hydrogen) atoms. The first-order chi connectivity index (χ1) is 30.6. The number of fused-ring (bicyclic) bond motifs is 6. The van der Waals surface area contributed by atoms with Gasteiger partial charge in [-0.15, -0.1) is 0 Å². The number of epoxide rings is 1. The van der Waals surface area contributed by atoms with E-state index in [-0.39, 0.29) is 36.8 Å². The maximum Gasteiger partial charge on any atom is 0.339 e. The van der Waals surface area contributed by atoms with Crippen molar-refractivity contribution in [2.75, 3.05) is 26.4 Å². The Morgan fingerprint density at radius 3 is 2.59 bits per heavy atom. The van der Waals surface area contributed by atoms with Crippen LogP contribution in [-0.2, 0) is 39.8 Å². The summed E-state index contributed by atoms with van der Waals surface area (Å²) in [7, 11) is 0. The van der Waals surface area contributed by atoms with Crippen molar-refractivity contribution >= 4 is 17.7 Å². The maximum absolute atomic E-state index is 15.5. The minimum Gasteiger partial charge on any atom is -0.469 e. The molecule has 12 rings (SSSR count). The third kappa shape index (κ3) is 5.21. The molecule has 13 nitrogen and oxygen atoms in total. The zero-order chi connectivity index (χ0) is 44.5. The molecule has 13 heteroatoms.